The van der Waals surface area contributed by atoms with Gasteiger partial charge in [-0.05, 0) is 56.2 Å². The van der Waals surface area contributed by atoms with Gasteiger partial charge in [0.2, 0.25) is 6.10 Å². The minimum absolute atomic E-state index is 0.177. The van der Waals surface area contributed by atoms with E-state index < -0.39 is 22.1 Å². The molecule has 5 aromatic rings. The number of hydrogen-bond acceptors (Lipinski definition) is 8. The normalized spacial score (nSPS) is 12.2. The van der Waals surface area contributed by atoms with Crippen molar-refractivity contribution in [1.29, 1.82) is 0 Å². The van der Waals surface area contributed by atoms with E-state index >= 15 is 0 Å². The van der Waals surface area contributed by atoms with Gasteiger partial charge in [0.15, 0.2) is 5.82 Å². The van der Waals surface area contributed by atoms with E-state index in [-0.39, 0.29) is 23.0 Å². The van der Waals surface area contributed by atoms with E-state index in [0.29, 0.717) is 38.9 Å². The van der Waals surface area contributed by atoms with Gasteiger partial charge in [0, 0.05) is 16.3 Å². The van der Waals surface area contributed by atoms with Crippen LogP contribution in [0.4, 0.5) is 5.69 Å². The van der Waals surface area contributed by atoms with Crippen LogP contribution in [-0.2, 0) is 21.4 Å². The van der Waals surface area contributed by atoms with E-state index in [1.165, 1.54) is 11.4 Å². The molecule has 1 atom stereocenters. The number of rotatable bonds is 10. The predicted molar refractivity (Wildman–Crippen MR) is 156 cm³/mol. The van der Waals surface area contributed by atoms with E-state index in [1.807, 2.05) is 19.1 Å². The smallest absolute Gasteiger partial charge is 0.349 e. The molecular weight excluding hydrogens is 558 g/mol. The number of methoxy groups -OCH3 is 1. The lowest BCUT2D eigenvalue weighted by Crippen LogP contribution is -2.32. The molecule has 42 heavy (non-hydrogen) atoms. The van der Waals surface area contributed by atoms with Crippen LogP contribution < -0.4 is 13.8 Å². The fourth-order valence-electron chi connectivity index (χ4n) is 5.10. The Balaban J connectivity index is 1.64. The van der Waals surface area contributed by atoms with Gasteiger partial charge in [0.25, 0.3) is 10.0 Å². The Kier molecular flexibility index (Phi) is 7.81. The number of anilines is 1. The molecule has 12 heteroatoms. The third-order valence-electron chi connectivity index (χ3n) is 6.84. The highest BCUT2D eigenvalue weighted by atomic mass is 32.2. The second kappa shape index (κ2) is 11.5. The van der Waals surface area contributed by atoms with Gasteiger partial charge >= 0.3 is 5.97 Å². The van der Waals surface area contributed by atoms with Crippen LogP contribution in [0.15, 0.2) is 77.7 Å². The maximum absolute atomic E-state index is 14.4. The van der Waals surface area contributed by atoms with Gasteiger partial charge in [0.1, 0.15) is 11.5 Å². The molecule has 0 spiro atoms. The molecule has 0 amide bonds. The maximum Gasteiger partial charge on any atom is 0.349 e. The highest BCUT2D eigenvalue weighted by molar-refractivity contribution is 7.93. The lowest BCUT2D eigenvalue weighted by molar-refractivity contribution is -0.145. The first-order valence-corrected chi connectivity index (χ1v) is 14.4. The van der Waals surface area contributed by atoms with Crippen molar-refractivity contribution >= 4 is 32.5 Å². The van der Waals surface area contributed by atoms with Gasteiger partial charge in [-0.25, -0.2) is 13.2 Å². The zero-order valence-corrected chi connectivity index (χ0v) is 24.2. The first-order chi connectivity index (χ1) is 20.1. The number of aromatic nitrogens is 4. The number of sulfonamides is 1. The molecule has 0 saturated heterocycles. The van der Waals surface area contributed by atoms with Crippen LogP contribution in [0.3, 0.4) is 0 Å². The monoisotopic (exact) mass is 587 g/mol. The molecule has 216 valence electrons. The molecule has 0 saturated carbocycles. The van der Waals surface area contributed by atoms with Crippen molar-refractivity contribution in [1.82, 2.24) is 20.6 Å². The van der Waals surface area contributed by atoms with Crippen LogP contribution in [0.5, 0.6) is 11.5 Å². The number of nitrogens with one attached hydrogen (secondary N) is 1. The number of H-pyrrole nitrogens is 1. The summed E-state index contributed by atoms with van der Waals surface area (Å²) in [6.45, 7) is 5.24. The second-order valence-corrected chi connectivity index (χ2v) is 11.6. The van der Waals surface area contributed by atoms with E-state index in [0.717, 1.165) is 5.56 Å². The number of aromatic amines is 1. The van der Waals surface area contributed by atoms with E-state index in [9.17, 15) is 18.3 Å². The van der Waals surface area contributed by atoms with Crippen molar-refractivity contribution in [3.8, 4) is 11.5 Å². The number of carboxylic acid groups (broad SMARTS) is 1. The summed E-state index contributed by atoms with van der Waals surface area (Å²) in [7, 11) is -2.61. The van der Waals surface area contributed by atoms with Crippen molar-refractivity contribution in [2.24, 2.45) is 0 Å². The van der Waals surface area contributed by atoms with E-state index in [2.05, 4.69) is 20.6 Å². The van der Waals surface area contributed by atoms with Crippen LogP contribution in [0.2, 0.25) is 0 Å². The SMILES string of the molecule is COc1ccc(C(Oc2ccc(N(Cc3nn[nH]n3)S(=O)(=O)c3c(C)cc(C)cc3C)c3ccccc23)C(=O)O)cc1. The fourth-order valence-corrected chi connectivity index (χ4v) is 6.96. The predicted octanol–water partition coefficient (Wildman–Crippen LogP) is 4.89. The molecule has 1 aromatic heterocycles. The van der Waals surface area contributed by atoms with Crippen LogP contribution in [0.1, 0.15) is 34.2 Å². The molecule has 4 aromatic carbocycles. The highest BCUT2D eigenvalue weighted by Gasteiger charge is 2.32. The van der Waals surface area contributed by atoms with Crippen molar-refractivity contribution in [2.75, 3.05) is 11.4 Å². The number of carboxylic acids is 1. The summed E-state index contributed by atoms with van der Waals surface area (Å²) >= 11 is 0. The third-order valence-corrected chi connectivity index (χ3v) is 8.91. The summed E-state index contributed by atoms with van der Waals surface area (Å²) in [6, 6.07) is 20.4. The van der Waals surface area contributed by atoms with Gasteiger partial charge in [0.05, 0.1) is 24.2 Å². The number of aryl methyl sites for hydroxylation is 3. The summed E-state index contributed by atoms with van der Waals surface area (Å²) < 4.78 is 41.2. The quantitative estimate of drug-likeness (QED) is 0.233. The largest absolute Gasteiger partial charge is 0.497 e. The van der Waals surface area contributed by atoms with Crippen molar-refractivity contribution in [3.05, 3.63) is 101 Å². The van der Waals surface area contributed by atoms with Crippen molar-refractivity contribution < 1.29 is 27.8 Å². The Hall–Kier alpha value is -4.97. The number of hydrogen-bond donors (Lipinski definition) is 2. The number of nitrogens with zero attached hydrogens (tertiary/aromatic N) is 4. The molecule has 0 radical (unpaired) electrons. The van der Waals surface area contributed by atoms with Crippen LogP contribution in [-0.4, -0.2) is 47.2 Å². The Morgan fingerprint density at radius 2 is 1.64 bits per heavy atom. The third kappa shape index (κ3) is 5.48. The average Bonchev–Trinajstić information content (AvgIpc) is 3.47. The minimum Gasteiger partial charge on any atom is -0.497 e. The molecule has 0 bridgehead atoms. The molecular formula is C30H29N5O6S. The second-order valence-electron chi connectivity index (χ2n) is 9.81. The van der Waals surface area contributed by atoms with Crippen LogP contribution >= 0.6 is 0 Å². The van der Waals surface area contributed by atoms with Crippen molar-refractivity contribution in [2.45, 2.75) is 38.3 Å². The standard InChI is InChI=1S/C30H29N5O6S/c1-18-15-19(2)29(20(3)16-18)42(38,39)35(17-27-31-33-34-32-27)25-13-14-26(24-8-6-5-7-23(24)25)41-28(30(36)37)21-9-11-22(40-4)12-10-21/h5-16,28H,17H2,1-4H3,(H,36,37)(H,31,32,33,34). The zero-order chi connectivity index (χ0) is 30.0. The molecule has 11 nitrogen and oxygen atoms in total. The first kappa shape index (κ1) is 28.6. The van der Waals surface area contributed by atoms with Gasteiger partial charge < -0.3 is 14.6 Å². The Morgan fingerprint density at radius 3 is 2.24 bits per heavy atom. The lowest BCUT2D eigenvalue weighted by Gasteiger charge is -2.27. The van der Waals surface area contributed by atoms with Gasteiger partial charge in [-0.2, -0.15) is 5.21 Å². The highest BCUT2D eigenvalue weighted by Crippen LogP contribution is 2.39. The molecule has 0 aliphatic rings. The van der Waals surface area contributed by atoms with Gasteiger partial charge in [-0.15, -0.1) is 10.2 Å². The summed E-state index contributed by atoms with van der Waals surface area (Å²) in [4.78, 5) is 12.4. The number of carbonyl (C=O) groups is 1. The number of ether oxygens (including phenoxy) is 2. The summed E-state index contributed by atoms with van der Waals surface area (Å²) in [5.41, 5.74) is 2.93. The Morgan fingerprint density at radius 1 is 0.976 bits per heavy atom. The minimum atomic E-state index is -4.13. The number of tetrazole rings is 1. The molecule has 1 heterocycles. The molecule has 0 fully saturated rings. The number of benzene rings is 4. The van der Waals surface area contributed by atoms with Crippen LogP contribution in [0.25, 0.3) is 10.8 Å². The topological polar surface area (TPSA) is 148 Å². The molecule has 0 aliphatic carbocycles. The molecule has 2 N–H and O–H groups in total. The van der Waals surface area contributed by atoms with Gasteiger partial charge in [-0.3, -0.25) is 4.31 Å². The fraction of sp³-hybridized carbons (Fsp3) is 0.200. The Labute approximate surface area is 242 Å². The van der Waals surface area contributed by atoms with Crippen LogP contribution in [0, 0.1) is 20.8 Å². The van der Waals surface area contributed by atoms with E-state index in [1.54, 1.807) is 74.5 Å². The summed E-state index contributed by atoms with van der Waals surface area (Å²) in [5, 5.41) is 25.0. The number of aliphatic carboxylic acids is 1. The zero-order valence-electron chi connectivity index (χ0n) is 23.4. The lowest BCUT2D eigenvalue weighted by atomic mass is 10.1. The molecule has 0 aliphatic heterocycles. The summed E-state index contributed by atoms with van der Waals surface area (Å²) in [5.74, 6) is -0.146. The molecule has 5 rings (SSSR count). The Bertz CT molecular complexity index is 1830. The summed E-state index contributed by atoms with van der Waals surface area (Å²) in [6.07, 6.45) is -1.32. The van der Waals surface area contributed by atoms with E-state index in [4.69, 9.17) is 9.47 Å². The maximum atomic E-state index is 14.4. The van der Waals surface area contributed by atoms with Gasteiger partial charge in [-0.1, -0.05) is 59.3 Å². The molecule has 1 unspecified atom stereocenters. The number of fused-ring (bicyclic) bond motifs is 1. The average molecular weight is 588 g/mol. The van der Waals surface area contributed by atoms with Crippen molar-refractivity contribution in [3.63, 3.8) is 0 Å². The first-order valence-electron chi connectivity index (χ1n) is 13.0.